The molecule has 1 N–H and O–H groups in total. The molecule has 1 heterocycles. The Morgan fingerprint density at radius 3 is 2.33 bits per heavy atom. The first-order chi connectivity index (χ1) is 10.0. The van der Waals surface area contributed by atoms with E-state index in [9.17, 15) is 5.11 Å². The average molecular weight is 325 g/mol. The highest BCUT2D eigenvalue weighted by Gasteiger charge is 2.20. The lowest BCUT2D eigenvalue weighted by Crippen LogP contribution is -2.16. The number of fused-ring (bicyclic) bond motifs is 1. The Balaban J connectivity index is 2.02. The van der Waals surface area contributed by atoms with E-state index in [0.29, 0.717) is 45.9 Å². The first kappa shape index (κ1) is 14.5. The largest absolute Gasteiger partial charge is 0.486 e. The highest BCUT2D eigenvalue weighted by Crippen LogP contribution is 2.39. The van der Waals surface area contributed by atoms with Crippen molar-refractivity contribution >= 4 is 23.2 Å². The fourth-order valence-corrected chi connectivity index (χ4v) is 2.95. The quantitative estimate of drug-likeness (QED) is 0.901. The fraction of sp³-hybridized carbons (Fsp3) is 0.250. The molecule has 0 aromatic heterocycles. The number of rotatable bonds is 2. The van der Waals surface area contributed by atoms with E-state index in [2.05, 4.69) is 0 Å². The van der Waals surface area contributed by atoms with Gasteiger partial charge in [0.25, 0.3) is 0 Å². The molecule has 0 saturated heterocycles. The lowest BCUT2D eigenvalue weighted by molar-refractivity contribution is 0.169. The van der Waals surface area contributed by atoms with Gasteiger partial charge in [-0.1, -0.05) is 29.3 Å². The van der Waals surface area contributed by atoms with Crippen molar-refractivity contribution in [3.8, 4) is 11.5 Å². The number of halogens is 2. The van der Waals surface area contributed by atoms with Crippen molar-refractivity contribution in [1.29, 1.82) is 0 Å². The minimum absolute atomic E-state index is 0.435. The minimum atomic E-state index is -0.870. The number of hydrogen-bond acceptors (Lipinski definition) is 3. The third kappa shape index (κ3) is 2.95. The van der Waals surface area contributed by atoms with Crippen LogP contribution in [0.15, 0.2) is 30.3 Å². The van der Waals surface area contributed by atoms with Crippen molar-refractivity contribution in [3.63, 3.8) is 0 Å². The van der Waals surface area contributed by atoms with Crippen LogP contribution in [0.3, 0.4) is 0 Å². The Morgan fingerprint density at radius 2 is 1.67 bits per heavy atom. The first-order valence-corrected chi connectivity index (χ1v) is 7.34. The second-order valence-electron chi connectivity index (χ2n) is 4.98. The smallest absolute Gasteiger partial charge is 0.162 e. The summed E-state index contributed by atoms with van der Waals surface area (Å²) in [5, 5.41) is 11.6. The van der Waals surface area contributed by atoms with Crippen molar-refractivity contribution in [2.24, 2.45) is 0 Å². The lowest BCUT2D eigenvalue weighted by Gasteiger charge is -2.21. The van der Waals surface area contributed by atoms with Gasteiger partial charge < -0.3 is 14.6 Å². The molecule has 5 heteroatoms. The topological polar surface area (TPSA) is 38.7 Å². The molecule has 1 aliphatic heterocycles. The zero-order valence-electron chi connectivity index (χ0n) is 11.4. The summed E-state index contributed by atoms with van der Waals surface area (Å²) in [6.07, 6.45) is -0.870. The van der Waals surface area contributed by atoms with Gasteiger partial charge >= 0.3 is 0 Å². The number of aryl methyl sites for hydroxylation is 1. The normalized spacial score (nSPS) is 14.9. The fourth-order valence-electron chi connectivity index (χ4n) is 2.39. The van der Waals surface area contributed by atoms with Crippen molar-refractivity contribution in [1.82, 2.24) is 0 Å². The molecule has 2 aromatic carbocycles. The van der Waals surface area contributed by atoms with E-state index in [1.807, 2.05) is 19.1 Å². The molecule has 0 spiro atoms. The molecule has 0 saturated carbocycles. The van der Waals surface area contributed by atoms with E-state index in [1.54, 1.807) is 18.2 Å². The summed E-state index contributed by atoms with van der Waals surface area (Å²) in [5.41, 5.74) is 2.24. The summed E-state index contributed by atoms with van der Waals surface area (Å²) in [5.74, 6) is 1.20. The van der Waals surface area contributed by atoms with Gasteiger partial charge in [0.2, 0.25) is 0 Å². The summed E-state index contributed by atoms with van der Waals surface area (Å²) < 4.78 is 11.0. The zero-order chi connectivity index (χ0) is 15.0. The Morgan fingerprint density at radius 1 is 1.00 bits per heavy atom. The molecular formula is C16H14Cl2O3. The molecule has 3 nitrogen and oxygen atoms in total. The van der Waals surface area contributed by atoms with Crippen LogP contribution < -0.4 is 9.47 Å². The molecule has 110 valence electrons. The Labute approximate surface area is 133 Å². The van der Waals surface area contributed by atoms with E-state index < -0.39 is 6.10 Å². The van der Waals surface area contributed by atoms with Crippen LogP contribution in [0.25, 0.3) is 0 Å². The van der Waals surface area contributed by atoms with Crippen molar-refractivity contribution < 1.29 is 14.6 Å². The highest BCUT2D eigenvalue weighted by molar-refractivity contribution is 6.31. The molecule has 1 aliphatic rings. The molecule has 3 rings (SSSR count). The molecular weight excluding hydrogens is 311 g/mol. The predicted molar refractivity (Wildman–Crippen MR) is 82.7 cm³/mol. The van der Waals surface area contributed by atoms with Gasteiger partial charge in [-0.25, -0.2) is 0 Å². The van der Waals surface area contributed by atoms with Crippen LogP contribution in [0, 0.1) is 6.92 Å². The van der Waals surface area contributed by atoms with Gasteiger partial charge in [0.05, 0.1) is 5.02 Å². The summed E-state index contributed by atoms with van der Waals surface area (Å²) in [6.45, 7) is 2.91. The number of benzene rings is 2. The standard InChI is InChI=1S/C16H14Cl2O3/c1-9-4-10(6-11(17)5-9)16(19)12-7-14-15(8-13(12)18)21-3-2-20-14/h4-8,16,19H,2-3H2,1H3. The maximum absolute atomic E-state index is 10.6. The van der Waals surface area contributed by atoms with Gasteiger partial charge in [-0.2, -0.15) is 0 Å². The highest BCUT2D eigenvalue weighted by atomic mass is 35.5. The molecule has 1 atom stereocenters. The maximum atomic E-state index is 10.6. The minimum Gasteiger partial charge on any atom is -0.486 e. The van der Waals surface area contributed by atoms with Crippen LogP contribution in [0.4, 0.5) is 0 Å². The van der Waals surface area contributed by atoms with E-state index in [-0.39, 0.29) is 0 Å². The molecule has 0 bridgehead atoms. The Kier molecular flexibility index (Phi) is 3.98. The van der Waals surface area contributed by atoms with Crippen LogP contribution in [0.5, 0.6) is 11.5 Å². The molecule has 0 aliphatic carbocycles. The van der Waals surface area contributed by atoms with Crippen LogP contribution in [-0.2, 0) is 0 Å². The average Bonchev–Trinajstić information content (AvgIpc) is 2.44. The second kappa shape index (κ2) is 5.76. The van der Waals surface area contributed by atoms with Crippen molar-refractivity contribution in [2.75, 3.05) is 13.2 Å². The summed E-state index contributed by atoms with van der Waals surface area (Å²) in [7, 11) is 0. The van der Waals surface area contributed by atoms with Crippen molar-refractivity contribution in [2.45, 2.75) is 13.0 Å². The van der Waals surface area contributed by atoms with E-state index >= 15 is 0 Å². The Bertz CT molecular complexity index is 665. The summed E-state index contributed by atoms with van der Waals surface area (Å²) >= 11 is 12.3. The molecule has 0 amide bonds. The molecule has 1 unspecified atom stereocenters. The third-order valence-corrected chi connectivity index (χ3v) is 3.88. The molecule has 21 heavy (non-hydrogen) atoms. The summed E-state index contributed by atoms with van der Waals surface area (Å²) in [6, 6.07) is 8.84. The van der Waals surface area contributed by atoms with Gasteiger partial charge in [-0.05, 0) is 36.2 Å². The monoisotopic (exact) mass is 324 g/mol. The van der Waals surface area contributed by atoms with E-state index in [1.165, 1.54) is 0 Å². The van der Waals surface area contributed by atoms with E-state index in [4.69, 9.17) is 32.7 Å². The number of aliphatic hydroxyl groups excluding tert-OH is 1. The van der Waals surface area contributed by atoms with Gasteiger partial charge in [-0.15, -0.1) is 0 Å². The maximum Gasteiger partial charge on any atom is 0.162 e. The number of aliphatic hydroxyl groups is 1. The lowest BCUT2D eigenvalue weighted by atomic mass is 9.99. The molecule has 0 fully saturated rings. The SMILES string of the molecule is Cc1cc(Cl)cc(C(O)c2cc3c(cc2Cl)OCCO3)c1. The van der Waals surface area contributed by atoms with Gasteiger partial charge in [0.1, 0.15) is 19.3 Å². The van der Waals surface area contributed by atoms with Crippen LogP contribution in [0.1, 0.15) is 22.8 Å². The van der Waals surface area contributed by atoms with E-state index in [0.717, 1.165) is 5.56 Å². The summed E-state index contributed by atoms with van der Waals surface area (Å²) in [4.78, 5) is 0. The zero-order valence-corrected chi connectivity index (χ0v) is 12.9. The van der Waals surface area contributed by atoms with Crippen molar-refractivity contribution in [3.05, 3.63) is 57.1 Å². The van der Waals surface area contributed by atoms with Gasteiger partial charge in [0, 0.05) is 16.7 Å². The third-order valence-electron chi connectivity index (χ3n) is 3.34. The number of hydrogen-bond donors (Lipinski definition) is 1. The van der Waals surface area contributed by atoms with Crippen LogP contribution in [-0.4, -0.2) is 18.3 Å². The predicted octanol–water partition coefficient (Wildman–Crippen LogP) is 4.15. The van der Waals surface area contributed by atoms with Gasteiger partial charge in [0.15, 0.2) is 11.5 Å². The number of ether oxygens (including phenoxy) is 2. The first-order valence-electron chi connectivity index (χ1n) is 6.59. The van der Waals surface area contributed by atoms with Crippen LogP contribution in [0.2, 0.25) is 10.0 Å². The Hall–Kier alpha value is -1.42. The van der Waals surface area contributed by atoms with Gasteiger partial charge in [-0.3, -0.25) is 0 Å². The second-order valence-corrected chi connectivity index (χ2v) is 5.83. The molecule has 0 radical (unpaired) electrons. The molecule has 2 aromatic rings. The van der Waals surface area contributed by atoms with Crippen LogP contribution >= 0.6 is 23.2 Å².